The average Bonchev–Trinajstić information content (AvgIpc) is 3.01. The highest BCUT2D eigenvalue weighted by atomic mass is 32.2. The standard InChI is InChI=1S/C15H20N4O2S/c1-3-19-11-17-18-14(19)10-16-15(20)8-9-22-13-6-4-12(21-2)5-7-13/h4-7,11H,3,8-10H2,1-2H3,(H,16,20). The van der Waals surface area contributed by atoms with Crippen molar-refractivity contribution in [3.63, 3.8) is 0 Å². The summed E-state index contributed by atoms with van der Waals surface area (Å²) in [5.41, 5.74) is 0. The fourth-order valence-electron chi connectivity index (χ4n) is 1.88. The monoisotopic (exact) mass is 320 g/mol. The number of ether oxygens (including phenoxy) is 1. The van der Waals surface area contributed by atoms with Crippen molar-refractivity contribution >= 4 is 17.7 Å². The Kier molecular flexibility index (Phi) is 6.27. The summed E-state index contributed by atoms with van der Waals surface area (Å²) in [7, 11) is 1.64. The lowest BCUT2D eigenvalue weighted by molar-refractivity contribution is -0.120. The Hall–Kier alpha value is -2.02. The SMILES string of the molecule is CCn1cnnc1CNC(=O)CCSc1ccc(OC)cc1. The van der Waals surface area contributed by atoms with Gasteiger partial charge in [-0.2, -0.15) is 0 Å². The average molecular weight is 320 g/mol. The van der Waals surface area contributed by atoms with Gasteiger partial charge in [0.1, 0.15) is 12.1 Å². The second-order valence-corrected chi connectivity index (χ2v) is 5.75. The van der Waals surface area contributed by atoms with Crippen LogP contribution in [0.25, 0.3) is 0 Å². The Morgan fingerprint density at radius 2 is 2.14 bits per heavy atom. The van der Waals surface area contributed by atoms with E-state index in [9.17, 15) is 4.79 Å². The number of carbonyl (C=O) groups is 1. The van der Waals surface area contributed by atoms with E-state index in [1.807, 2.05) is 35.8 Å². The Morgan fingerprint density at radius 1 is 1.36 bits per heavy atom. The first kappa shape index (κ1) is 16.4. The van der Waals surface area contributed by atoms with Crippen molar-refractivity contribution in [2.75, 3.05) is 12.9 Å². The number of rotatable bonds is 8. The molecule has 7 heteroatoms. The van der Waals surface area contributed by atoms with Crippen LogP contribution < -0.4 is 10.1 Å². The summed E-state index contributed by atoms with van der Waals surface area (Å²) in [5, 5.41) is 10.7. The first-order chi connectivity index (χ1) is 10.7. The van der Waals surface area contributed by atoms with Crippen LogP contribution in [0.15, 0.2) is 35.5 Å². The van der Waals surface area contributed by atoms with Crippen LogP contribution in [-0.2, 0) is 17.9 Å². The molecule has 22 heavy (non-hydrogen) atoms. The van der Waals surface area contributed by atoms with Gasteiger partial charge in [-0.15, -0.1) is 22.0 Å². The maximum atomic E-state index is 11.8. The van der Waals surface area contributed by atoms with Crippen LogP contribution in [0.1, 0.15) is 19.2 Å². The van der Waals surface area contributed by atoms with Crippen molar-refractivity contribution in [2.24, 2.45) is 0 Å². The minimum absolute atomic E-state index is 0.0201. The molecule has 1 aromatic carbocycles. The van der Waals surface area contributed by atoms with Crippen molar-refractivity contribution in [1.82, 2.24) is 20.1 Å². The van der Waals surface area contributed by atoms with Crippen LogP contribution in [0.3, 0.4) is 0 Å². The maximum absolute atomic E-state index is 11.8. The number of benzene rings is 1. The lowest BCUT2D eigenvalue weighted by Crippen LogP contribution is -2.24. The molecule has 0 bridgehead atoms. The Labute approximate surface area is 134 Å². The number of nitrogens with zero attached hydrogens (tertiary/aromatic N) is 3. The molecule has 1 heterocycles. The van der Waals surface area contributed by atoms with Gasteiger partial charge in [0, 0.05) is 23.6 Å². The summed E-state index contributed by atoms with van der Waals surface area (Å²) in [5.74, 6) is 2.37. The Morgan fingerprint density at radius 3 is 2.82 bits per heavy atom. The number of hydrogen-bond donors (Lipinski definition) is 1. The van der Waals surface area contributed by atoms with Crippen LogP contribution in [0.2, 0.25) is 0 Å². The Bertz CT molecular complexity index is 598. The van der Waals surface area contributed by atoms with Gasteiger partial charge in [0.05, 0.1) is 13.7 Å². The van der Waals surface area contributed by atoms with Crippen molar-refractivity contribution < 1.29 is 9.53 Å². The van der Waals surface area contributed by atoms with E-state index in [-0.39, 0.29) is 5.91 Å². The second-order valence-electron chi connectivity index (χ2n) is 4.58. The summed E-state index contributed by atoms with van der Waals surface area (Å²) in [6.07, 6.45) is 2.14. The van der Waals surface area contributed by atoms with Crippen LogP contribution in [0.4, 0.5) is 0 Å². The number of amides is 1. The van der Waals surface area contributed by atoms with Gasteiger partial charge in [0.15, 0.2) is 5.82 Å². The smallest absolute Gasteiger partial charge is 0.221 e. The van der Waals surface area contributed by atoms with Gasteiger partial charge in [0.2, 0.25) is 5.91 Å². The topological polar surface area (TPSA) is 69.0 Å². The number of thioether (sulfide) groups is 1. The molecule has 0 fully saturated rings. The molecule has 0 spiro atoms. The van der Waals surface area contributed by atoms with Gasteiger partial charge in [0.25, 0.3) is 0 Å². The van der Waals surface area contributed by atoms with Gasteiger partial charge >= 0.3 is 0 Å². The molecule has 2 aromatic rings. The lowest BCUT2D eigenvalue weighted by Gasteiger charge is -2.06. The van der Waals surface area contributed by atoms with E-state index in [2.05, 4.69) is 15.5 Å². The van der Waals surface area contributed by atoms with E-state index >= 15 is 0 Å². The van der Waals surface area contributed by atoms with Crippen LogP contribution in [0, 0.1) is 0 Å². The van der Waals surface area contributed by atoms with Crippen LogP contribution in [-0.4, -0.2) is 33.5 Å². The lowest BCUT2D eigenvalue weighted by atomic mass is 10.3. The molecule has 2 rings (SSSR count). The predicted octanol–water partition coefficient (Wildman–Crippen LogP) is 2.11. The number of nitrogens with one attached hydrogen (secondary N) is 1. The largest absolute Gasteiger partial charge is 0.497 e. The van der Waals surface area contributed by atoms with Gasteiger partial charge in [-0.25, -0.2) is 0 Å². The van der Waals surface area contributed by atoms with E-state index in [4.69, 9.17) is 4.74 Å². The number of carbonyl (C=O) groups excluding carboxylic acids is 1. The first-order valence-corrected chi connectivity index (χ1v) is 8.11. The number of aromatic nitrogens is 3. The summed E-state index contributed by atoms with van der Waals surface area (Å²) < 4.78 is 7.02. The zero-order valence-corrected chi connectivity index (χ0v) is 13.6. The summed E-state index contributed by atoms with van der Waals surface area (Å²) in [4.78, 5) is 13.0. The molecule has 0 unspecified atom stereocenters. The van der Waals surface area contributed by atoms with Crippen molar-refractivity contribution in [1.29, 1.82) is 0 Å². The number of hydrogen-bond acceptors (Lipinski definition) is 5. The second kappa shape index (κ2) is 8.43. The third kappa shape index (κ3) is 4.77. The molecule has 1 amide bonds. The van der Waals surface area contributed by atoms with Gasteiger partial charge in [-0.05, 0) is 31.2 Å². The highest BCUT2D eigenvalue weighted by molar-refractivity contribution is 7.99. The molecule has 0 aliphatic carbocycles. The molecule has 0 aliphatic rings. The predicted molar refractivity (Wildman–Crippen MR) is 85.9 cm³/mol. The third-order valence-corrected chi connectivity index (χ3v) is 4.15. The van der Waals surface area contributed by atoms with Gasteiger partial charge in [-0.1, -0.05) is 0 Å². The first-order valence-electron chi connectivity index (χ1n) is 7.13. The van der Waals surface area contributed by atoms with Crippen LogP contribution >= 0.6 is 11.8 Å². The van der Waals surface area contributed by atoms with Crippen molar-refractivity contribution in [3.8, 4) is 5.75 Å². The molecule has 0 radical (unpaired) electrons. The van der Waals surface area contributed by atoms with Crippen molar-refractivity contribution in [2.45, 2.75) is 31.3 Å². The van der Waals surface area contributed by atoms with Gasteiger partial charge in [-0.3, -0.25) is 4.79 Å². The summed E-state index contributed by atoms with van der Waals surface area (Å²) in [6, 6.07) is 7.82. The number of methoxy groups -OCH3 is 1. The fraction of sp³-hybridized carbons (Fsp3) is 0.400. The third-order valence-electron chi connectivity index (χ3n) is 3.14. The van der Waals surface area contributed by atoms with Crippen molar-refractivity contribution in [3.05, 3.63) is 36.4 Å². The van der Waals surface area contributed by atoms with E-state index < -0.39 is 0 Å². The summed E-state index contributed by atoms with van der Waals surface area (Å²) >= 11 is 1.65. The molecule has 0 aliphatic heterocycles. The Balaban J connectivity index is 1.69. The van der Waals surface area contributed by atoms with Crippen LogP contribution in [0.5, 0.6) is 5.75 Å². The number of aryl methyl sites for hydroxylation is 1. The molecular weight excluding hydrogens is 300 g/mol. The van der Waals surface area contributed by atoms with E-state index in [0.717, 1.165) is 28.8 Å². The zero-order chi connectivity index (χ0) is 15.8. The molecule has 0 saturated heterocycles. The summed E-state index contributed by atoms with van der Waals surface area (Å²) in [6.45, 7) is 3.23. The molecule has 6 nitrogen and oxygen atoms in total. The minimum atomic E-state index is 0.0201. The highest BCUT2D eigenvalue weighted by Crippen LogP contribution is 2.21. The van der Waals surface area contributed by atoms with E-state index in [1.54, 1.807) is 25.2 Å². The molecule has 0 saturated carbocycles. The van der Waals surface area contributed by atoms with Gasteiger partial charge < -0.3 is 14.6 Å². The zero-order valence-electron chi connectivity index (χ0n) is 12.8. The highest BCUT2D eigenvalue weighted by Gasteiger charge is 2.06. The normalized spacial score (nSPS) is 10.5. The molecular formula is C15H20N4O2S. The molecule has 118 valence electrons. The molecule has 1 aromatic heterocycles. The fourth-order valence-corrected chi connectivity index (χ4v) is 2.73. The molecule has 0 atom stereocenters. The van der Waals surface area contributed by atoms with E-state index in [0.29, 0.717) is 13.0 Å². The quantitative estimate of drug-likeness (QED) is 0.754. The molecule has 1 N–H and O–H groups in total. The maximum Gasteiger partial charge on any atom is 0.221 e. The minimum Gasteiger partial charge on any atom is -0.497 e. The van der Waals surface area contributed by atoms with E-state index in [1.165, 1.54) is 0 Å².